The van der Waals surface area contributed by atoms with Gasteiger partial charge in [-0.25, -0.2) is 4.98 Å². The first-order valence-electron chi connectivity index (χ1n) is 7.09. The van der Waals surface area contributed by atoms with Crippen LogP contribution in [-0.2, 0) is 0 Å². The molecule has 1 saturated carbocycles. The number of aryl methyl sites for hydroxylation is 1. The van der Waals surface area contributed by atoms with Gasteiger partial charge < -0.3 is 15.2 Å². The van der Waals surface area contributed by atoms with E-state index < -0.39 is 6.10 Å². The van der Waals surface area contributed by atoms with Crippen LogP contribution in [0.2, 0.25) is 0 Å². The van der Waals surface area contributed by atoms with Gasteiger partial charge in [-0.1, -0.05) is 0 Å². The van der Waals surface area contributed by atoms with Crippen molar-refractivity contribution in [2.45, 2.75) is 31.5 Å². The third kappa shape index (κ3) is 2.55. The summed E-state index contributed by atoms with van der Waals surface area (Å²) in [6.45, 7) is 1.93. The van der Waals surface area contributed by atoms with Gasteiger partial charge in [-0.05, 0) is 31.0 Å². The Morgan fingerprint density at radius 3 is 3.00 bits per heavy atom. The van der Waals surface area contributed by atoms with Gasteiger partial charge in [0.25, 0.3) is 5.91 Å². The van der Waals surface area contributed by atoms with Gasteiger partial charge in [0.2, 0.25) is 5.88 Å². The summed E-state index contributed by atoms with van der Waals surface area (Å²) in [6.07, 6.45) is 5.14. The zero-order valence-electron chi connectivity index (χ0n) is 12.4. The van der Waals surface area contributed by atoms with Crippen molar-refractivity contribution in [3.63, 3.8) is 0 Å². The van der Waals surface area contributed by atoms with Crippen LogP contribution in [0.3, 0.4) is 0 Å². The van der Waals surface area contributed by atoms with Crippen molar-refractivity contribution in [1.29, 1.82) is 0 Å². The van der Waals surface area contributed by atoms with Crippen LogP contribution in [-0.4, -0.2) is 45.0 Å². The Hall–Kier alpha value is -2.41. The Labute approximate surface area is 127 Å². The molecule has 1 amide bonds. The molecule has 7 heteroatoms. The molecule has 2 aromatic rings. The second kappa shape index (κ2) is 5.76. The van der Waals surface area contributed by atoms with Crippen molar-refractivity contribution in [1.82, 2.24) is 20.1 Å². The molecule has 1 fully saturated rings. The number of amides is 1. The number of hydrogen-bond donors (Lipinski definition) is 2. The minimum atomic E-state index is -0.514. The number of aliphatic hydroxyl groups is 1. The number of nitrogens with one attached hydrogen (secondary N) is 1. The normalized spacial score (nSPS) is 23.7. The predicted octanol–water partition coefficient (Wildman–Crippen LogP) is 0.699. The first kappa shape index (κ1) is 14.5. The van der Waals surface area contributed by atoms with Gasteiger partial charge in [0.1, 0.15) is 5.56 Å². The highest BCUT2D eigenvalue weighted by Gasteiger charge is 2.43. The molecule has 0 saturated heterocycles. The fourth-order valence-electron chi connectivity index (χ4n) is 2.68. The van der Waals surface area contributed by atoms with E-state index in [0.29, 0.717) is 12.0 Å². The predicted molar refractivity (Wildman–Crippen MR) is 78.7 cm³/mol. The number of pyridine rings is 1. The lowest BCUT2D eigenvalue weighted by molar-refractivity contribution is -0.00593. The number of methoxy groups -OCH3 is 1. The number of hydrogen-bond acceptors (Lipinski definition) is 5. The molecule has 0 radical (unpaired) electrons. The zero-order chi connectivity index (χ0) is 15.7. The van der Waals surface area contributed by atoms with Crippen LogP contribution in [0.1, 0.15) is 28.4 Å². The van der Waals surface area contributed by atoms with E-state index in [9.17, 15) is 9.90 Å². The molecule has 0 aliphatic heterocycles. The molecule has 1 aliphatic rings. The Balaban J connectivity index is 1.74. The average Bonchev–Trinajstić information content (AvgIpc) is 2.91. The number of rotatable bonds is 4. The van der Waals surface area contributed by atoms with Gasteiger partial charge >= 0.3 is 0 Å². The number of carbonyl (C=O) groups is 1. The highest BCUT2D eigenvalue weighted by molar-refractivity contribution is 5.96. The lowest BCUT2D eigenvalue weighted by atomic mass is 9.83. The molecule has 3 atom stereocenters. The number of aromatic nitrogens is 3. The molecule has 2 heterocycles. The topological polar surface area (TPSA) is 89.3 Å². The van der Waals surface area contributed by atoms with Crippen molar-refractivity contribution in [3.8, 4) is 5.88 Å². The molecule has 2 aromatic heterocycles. The van der Waals surface area contributed by atoms with E-state index in [1.165, 1.54) is 7.11 Å². The van der Waals surface area contributed by atoms with Gasteiger partial charge in [-0.15, -0.1) is 0 Å². The lowest BCUT2D eigenvalue weighted by Crippen LogP contribution is -2.56. The summed E-state index contributed by atoms with van der Waals surface area (Å²) in [5.41, 5.74) is 1.39. The average molecular weight is 302 g/mol. The summed E-state index contributed by atoms with van der Waals surface area (Å²) in [5.74, 6) is 0.0158. The van der Waals surface area contributed by atoms with Crippen molar-refractivity contribution >= 4 is 5.91 Å². The summed E-state index contributed by atoms with van der Waals surface area (Å²) in [4.78, 5) is 16.4. The third-order valence-corrected chi connectivity index (χ3v) is 3.86. The SMILES string of the molecule is COc1ncccc1C(=O)N[C@H]1C[C@@H](O)[C@@H]1n1cc(C)cn1. The zero-order valence-corrected chi connectivity index (χ0v) is 12.4. The number of nitrogens with zero attached hydrogens (tertiary/aromatic N) is 3. The van der Waals surface area contributed by atoms with Crippen LogP contribution in [0.25, 0.3) is 0 Å². The Kier molecular flexibility index (Phi) is 3.81. The molecule has 3 rings (SSSR count). The minimum Gasteiger partial charge on any atom is -0.480 e. The van der Waals surface area contributed by atoms with Crippen LogP contribution in [0.15, 0.2) is 30.7 Å². The van der Waals surface area contributed by atoms with Crippen molar-refractivity contribution in [2.75, 3.05) is 7.11 Å². The number of aliphatic hydroxyl groups excluding tert-OH is 1. The molecule has 0 unspecified atom stereocenters. The quantitative estimate of drug-likeness (QED) is 0.868. The van der Waals surface area contributed by atoms with Crippen molar-refractivity contribution in [2.24, 2.45) is 0 Å². The van der Waals surface area contributed by atoms with E-state index in [1.54, 1.807) is 29.2 Å². The van der Waals surface area contributed by atoms with Gasteiger partial charge in [-0.2, -0.15) is 5.10 Å². The molecule has 7 nitrogen and oxygen atoms in total. The first-order valence-corrected chi connectivity index (χ1v) is 7.09. The maximum Gasteiger partial charge on any atom is 0.257 e. The molecule has 0 bridgehead atoms. The van der Waals surface area contributed by atoms with E-state index in [0.717, 1.165) is 5.56 Å². The first-order chi connectivity index (χ1) is 10.6. The standard InChI is InChI=1S/C15H18N4O3/c1-9-7-17-19(8-9)13-11(6-12(13)20)18-14(21)10-4-3-5-16-15(10)22-2/h3-5,7-8,11-13,20H,6H2,1-2H3,(H,18,21)/t11-,12+,13+/m0/s1. The van der Waals surface area contributed by atoms with Crippen LogP contribution in [0.4, 0.5) is 0 Å². The van der Waals surface area contributed by atoms with Crippen LogP contribution < -0.4 is 10.1 Å². The largest absolute Gasteiger partial charge is 0.480 e. The van der Waals surface area contributed by atoms with Crippen LogP contribution in [0.5, 0.6) is 5.88 Å². The maximum atomic E-state index is 12.4. The van der Waals surface area contributed by atoms with Gasteiger partial charge in [0.05, 0.1) is 31.5 Å². The number of carbonyl (C=O) groups excluding carboxylic acids is 1. The van der Waals surface area contributed by atoms with E-state index in [1.807, 2.05) is 13.1 Å². The van der Waals surface area contributed by atoms with E-state index in [2.05, 4.69) is 15.4 Å². The second-order valence-corrected chi connectivity index (χ2v) is 5.43. The van der Waals surface area contributed by atoms with Gasteiger partial charge in [-0.3, -0.25) is 9.48 Å². The van der Waals surface area contributed by atoms with Crippen molar-refractivity contribution in [3.05, 3.63) is 41.9 Å². The second-order valence-electron chi connectivity index (χ2n) is 5.43. The van der Waals surface area contributed by atoms with Gasteiger partial charge in [0.15, 0.2) is 0 Å². The molecule has 116 valence electrons. The van der Waals surface area contributed by atoms with E-state index in [4.69, 9.17) is 4.74 Å². The molecular weight excluding hydrogens is 284 g/mol. The lowest BCUT2D eigenvalue weighted by Gasteiger charge is -2.41. The smallest absolute Gasteiger partial charge is 0.257 e. The maximum absolute atomic E-state index is 12.4. The summed E-state index contributed by atoms with van der Waals surface area (Å²) in [5, 5.41) is 17.1. The molecule has 1 aliphatic carbocycles. The summed E-state index contributed by atoms with van der Waals surface area (Å²) in [7, 11) is 1.47. The molecular formula is C15H18N4O3. The Morgan fingerprint density at radius 2 is 2.36 bits per heavy atom. The van der Waals surface area contributed by atoms with E-state index in [-0.39, 0.29) is 23.9 Å². The van der Waals surface area contributed by atoms with Crippen LogP contribution in [0, 0.1) is 6.92 Å². The fraction of sp³-hybridized carbons (Fsp3) is 0.400. The van der Waals surface area contributed by atoms with Crippen molar-refractivity contribution < 1.29 is 14.6 Å². The minimum absolute atomic E-state index is 0.174. The Bertz CT molecular complexity index is 685. The summed E-state index contributed by atoms with van der Waals surface area (Å²) in [6, 6.07) is 2.91. The molecule has 0 spiro atoms. The molecule has 2 N–H and O–H groups in total. The fourth-order valence-corrected chi connectivity index (χ4v) is 2.68. The third-order valence-electron chi connectivity index (χ3n) is 3.86. The summed E-state index contributed by atoms with van der Waals surface area (Å²) >= 11 is 0. The molecule has 22 heavy (non-hydrogen) atoms. The Morgan fingerprint density at radius 1 is 1.55 bits per heavy atom. The molecule has 0 aromatic carbocycles. The van der Waals surface area contributed by atoms with E-state index >= 15 is 0 Å². The monoisotopic (exact) mass is 302 g/mol. The number of ether oxygens (including phenoxy) is 1. The highest BCUT2D eigenvalue weighted by Crippen LogP contribution is 2.33. The highest BCUT2D eigenvalue weighted by atomic mass is 16.5. The van der Waals surface area contributed by atoms with Gasteiger partial charge in [0, 0.05) is 12.4 Å². The van der Waals surface area contributed by atoms with Crippen LogP contribution >= 0.6 is 0 Å². The summed E-state index contributed by atoms with van der Waals surface area (Å²) < 4.78 is 6.80.